The van der Waals surface area contributed by atoms with Crippen LogP contribution in [0.25, 0.3) is 0 Å². The normalized spacial score (nSPS) is 11.3. The topological polar surface area (TPSA) is 92.7 Å². The number of carbonyl (C=O) groups is 1. The smallest absolute Gasteiger partial charge is 0.307 e. The second-order valence-corrected chi connectivity index (χ2v) is 9.93. The Hall–Kier alpha value is -2.58. The predicted octanol–water partition coefficient (Wildman–Crippen LogP) is 5.07. The van der Waals surface area contributed by atoms with Gasteiger partial charge in [-0.3, -0.25) is 4.79 Å². The first-order valence-corrected chi connectivity index (χ1v) is 12.1. The molecule has 0 saturated heterocycles. The number of hydrogen-bond donors (Lipinski definition) is 2. The van der Waals surface area contributed by atoms with Crippen LogP contribution in [-0.2, 0) is 34.2 Å². The summed E-state index contributed by atoms with van der Waals surface area (Å²) in [6, 6.07) is 18.8. The zero-order chi connectivity index (χ0) is 23.1. The van der Waals surface area contributed by atoms with E-state index in [1.165, 1.54) is 0 Å². The van der Waals surface area contributed by atoms with Gasteiger partial charge in [-0.1, -0.05) is 59.6 Å². The zero-order valence-electron chi connectivity index (χ0n) is 16.9. The van der Waals surface area contributed by atoms with Crippen LogP contribution in [0, 0.1) is 0 Å². The minimum Gasteiger partial charge on any atom is -0.481 e. The Morgan fingerprint density at radius 2 is 1.53 bits per heavy atom. The van der Waals surface area contributed by atoms with Crippen LogP contribution in [0.5, 0.6) is 11.5 Å². The lowest BCUT2D eigenvalue weighted by Gasteiger charge is -2.10. The molecule has 0 saturated carbocycles. The molecule has 0 bridgehead atoms. The molecule has 32 heavy (non-hydrogen) atoms. The van der Waals surface area contributed by atoms with Crippen molar-refractivity contribution in [2.24, 2.45) is 0 Å². The average molecular weight is 494 g/mol. The highest BCUT2D eigenvalue weighted by Gasteiger charge is 2.12. The summed E-state index contributed by atoms with van der Waals surface area (Å²) in [6.45, 7) is 0.0917. The van der Waals surface area contributed by atoms with Crippen molar-refractivity contribution >= 4 is 39.2 Å². The van der Waals surface area contributed by atoms with Crippen LogP contribution in [0.3, 0.4) is 0 Å². The SMILES string of the molecule is O=C(O)Cc1cccc(CNS(=O)(=O)CCc2cccc(Oc3cc(Cl)cc(Cl)c3)c2)c1. The average Bonchev–Trinajstić information content (AvgIpc) is 2.70. The van der Waals surface area contributed by atoms with Crippen LogP contribution >= 0.6 is 23.2 Å². The molecule has 0 aromatic heterocycles. The molecule has 0 aliphatic rings. The molecule has 0 heterocycles. The van der Waals surface area contributed by atoms with Crippen molar-refractivity contribution in [2.75, 3.05) is 5.75 Å². The van der Waals surface area contributed by atoms with Crippen LogP contribution in [0.1, 0.15) is 16.7 Å². The lowest BCUT2D eigenvalue weighted by Crippen LogP contribution is -2.27. The van der Waals surface area contributed by atoms with Crippen LogP contribution in [0.15, 0.2) is 66.7 Å². The first-order valence-electron chi connectivity index (χ1n) is 9.68. The fourth-order valence-corrected chi connectivity index (χ4v) is 4.57. The molecular weight excluding hydrogens is 473 g/mol. The van der Waals surface area contributed by atoms with Gasteiger partial charge in [0.1, 0.15) is 11.5 Å². The Kier molecular flexibility index (Phi) is 8.15. The van der Waals surface area contributed by atoms with Gasteiger partial charge >= 0.3 is 5.97 Å². The Morgan fingerprint density at radius 3 is 2.25 bits per heavy atom. The Morgan fingerprint density at radius 1 is 0.875 bits per heavy atom. The van der Waals surface area contributed by atoms with Gasteiger partial charge in [0.2, 0.25) is 10.0 Å². The second-order valence-electron chi connectivity index (χ2n) is 7.14. The van der Waals surface area contributed by atoms with Gasteiger partial charge in [-0.2, -0.15) is 0 Å². The van der Waals surface area contributed by atoms with Crippen LogP contribution in [0.2, 0.25) is 10.0 Å². The maximum Gasteiger partial charge on any atom is 0.307 e. The molecule has 3 aromatic rings. The summed E-state index contributed by atoms with van der Waals surface area (Å²) >= 11 is 12.0. The highest BCUT2D eigenvalue weighted by atomic mass is 35.5. The number of hydrogen-bond acceptors (Lipinski definition) is 4. The quantitative estimate of drug-likeness (QED) is 0.410. The Bertz CT molecular complexity index is 1190. The van der Waals surface area contributed by atoms with Gasteiger partial charge < -0.3 is 9.84 Å². The molecule has 0 unspecified atom stereocenters. The molecule has 168 valence electrons. The predicted molar refractivity (Wildman–Crippen MR) is 125 cm³/mol. The summed E-state index contributed by atoms with van der Waals surface area (Å²) < 4.78 is 33.2. The molecule has 2 N–H and O–H groups in total. The standard InChI is InChI=1S/C23H21Cl2NO5S/c24-19-12-20(25)14-22(13-19)31-21-6-2-3-16(10-21)7-8-32(29,30)26-15-18-5-1-4-17(9-18)11-23(27)28/h1-6,9-10,12-14,26H,7-8,11,15H2,(H,27,28). The van der Waals surface area contributed by atoms with Crippen molar-refractivity contribution < 1.29 is 23.1 Å². The molecule has 0 fully saturated rings. The van der Waals surface area contributed by atoms with E-state index in [2.05, 4.69) is 4.72 Å². The molecule has 0 atom stereocenters. The van der Waals surface area contributed by atoms with Crippen molar-refractivity contribution in [1.82, 2.24) is 4.72 Å². The Balaban J connectivity index is 1.57. The lowest BCUT2D eigenvalue weighted by molar-refractivity contribution is -0.136. The molecule has 0 radical (unpaired) electrons. The number of carboxylic acid groups (broad SMARTS) is 1. The molecule has 6 nitrogen and oxygen atoms in total. The van der Waals surface area contributed by atoms with E-state index >= 15 is 0 Å². The number of aliphatic carboxylic acids is 1. The number of rotatable bonds is 10. The summed E-state index contributed by atoms with van der Waals surface area (Å²) in [6.07, 6.45) is 0.183. The zero-order valence-corrected chi connectivity index (χ0v) is 19.3. The van der Waals surface area contributed by atoms with E-state index in [4.69, 9.17) is 33.0 Å². The second kappa shape index (κ2) is 10.8. The molecule has 0 amide bonds. The van der Waals surface area contributed by atoms with E-state index in [1.807, 2.05) is 6.07 Å². The molecule has 0 aliphatic carbocycles. The summed E-state index contributed by atoms with van der Waals surface area (Å²) in [4.78, 5) is 10.8. The molecule has 0 aliphatic heterocycles. The van der Waals surface area contributed by atoms with E-state index < -0.39 is 16.0 Å². The van der Waals surface area contributed by atoms with Crippen LogP contribution < -0.4 is 9.46 Å². The molecule has 0 spiro atoms. The lowest BCUT2D eigenvalue weighted by atomic mass is 10.1. The molecule has 3 rings (SSSR count). The van der Waals surface area contributed by atoms with Crippen molar-refractivity contribution in [2.45, 2.75) is 19.4 Å². The van der Waals surface area contributed by atoms with Gasteiger partial charge in [-0.05, 0) is 53.4 Å². The summed E-state index contributed by atoms with van der Waals surface area (Å²) in [5.74, 6) is -0.0123. The van der Waals surface area contributed by atoms with E-state index in [0.717, 1.165) is 5.56 Å². The Labute approximate surface area is 196 Å². The van der Waals surface area contributed by atoms with Crippen molar-refractivity contribution in [3.63, 3.8) is 0 Å². The van der Waals surface area contributed by atoms with E-state index in [1.54, 1.807) is 60.7 Å². The minimum absolute atomic E-state index is 0.0917. The van der Waals surface area contributed by atoms with Gasteiger partial charge in [-0.15, -0.1) is 0 Å². The first kappa shape index (κ1) is 24.1. The monoisotopic (exact) mass is 493 g/mol. The molecular formula is C23H21Cl2NO5S. The molecule has 9 heteroatoms. The number of halogens is 2. The van der Waals surface area contributed by atoms with E-state index in [-0.39, 0.29) is 18.7 Å². The number of aryl methyl sites for hydroxylation is 1. The fourth-order valence-electron chi connectivity index (χ4n) is 3.03. The number of sulfonamides is 1. The fraction of sp³-hybridized carbons (Fsp3) is 0.174. The number of carboxylic acids is 1. The number of nitrogens with one attached hydrogen (secondary N) is 1. The van der Waals surface area contributed by atoms with Crippen LogP contribution in [-0.4, -0.2) is 25.2 Å². The van der Waals surface area contributed by atoms with Crippen molar-refractivity contribution in [3.05, 3.63) is 93.5 Å². The number of benzene rings is 3. The van der Waals surface area contributed by atoms with Crippen molar-refractivity contribution in [3.8, 4) is 11.5 Å². The third-order valence-electron chi connectivity index (χ3n) is 4.47. The largest absolute Gasteiger partial charge is 0.481 e. The first-order chi connectivity index (χ1) is 15.2. The maximum atomic E-state index is 12.4. The van der Waals surface area contributed by atoms with Gasteiger partial charge in [-0.25, -0.2) is 13.1 Å². The van der Waals surface area contributed by atoms with Gasteiger partial charge in [0.15, 0.2) is 0 Å². The van der Waals surface area contributed by atoms with E-state index in [9.17, 15) is 13.2 Å². The van der Waals surface area contributed by atoms with Gasteiger partial charge in [0.05, 0.1) is 12.2 Å². The summed E-state index contributed by atoms with van der Waals surface area (Å²) in [7, 11) is -3.54. The minimum atomic E-state index is -3.54. The van der Waals surface area contributed by atoms with Crippen LogP contribution in [0.4, 0.5) is 0 Å². The third kappa shape index (κ3) is 7.84. The van der Waals surface area contributed by atoms with Crippen molar-refractivity contribution in [1.29, 1.82) is 0 Å². The van der Waals surface area contributed by atoms with Gasteiger partial charge in [0, 0.05) is 16.6 Å². The highest BCUT2D eigenvalue weighted by Crippen LogP contribution is 2.28. The van der Waals surface area contributed by atoms with E-state index in [0.29, 0.717) is 39.1 Å². The van der Waals surface area contributed by atoms with Gasteiger partial charge in [0.25, 0.3) is 0 Å². The highest BCUT2D eigenvalue weighted by molar-refractivity contribution is 7.89. The summed E-state index contributed by atoms with van der Waals surface area (Å²) in [5, 5.41) is 9.80. The number of ether oxygens (including phenoxy) is 1. The molecule has 3 aromatic carbocycles. The third-order valence-corrected chi connectivity index (χ3v) is 6.23. The summed E-state index contributed by atoms with van der Waals surface area (Å²) in [5.41, 5.74) is 2.11. The maximum absolute atomic E-state index is 12.4.